The molecule has 1 heterocycles. The van der Waals surface area contributed by atoms with Crippen molar-refractivity contribution in [3.05, 3.63) is 18.1 Å². The normalized spacial score (nSPS) is 24.3. The van der Waals surface area contributed by atoms with Gasteiger partial charge in [-0.15, -0.1) is 0 Å². The predicted molar refractivity (Wildman–Crippen MR) is 63.7 cm³/mol. The van der Waals surface area contributed by atoms with Crippen molar-refractivity contribution >= 4 is 23.0 Å². The first kappa shape index (κ1) is 10.3. The highest BCUT2D eigenvalue weighted by Crippen LogP contribution is 2.28. The summed E-state index contributed by atoms with van der Waals surface area (Å²) in [7, 11) is 0. The number of aromatic nitrogens is 2. The predicted octanol–water partition coefficient (Wildman–Crippen LogP) is 1.32. The van der Waals surface area contributed by atoms with Crippen LogP contribution in [0.25, 0.3) is 0 Å². The second-order valence-electron chi connectivity index (χ2n) is 4.07. The van der Waals surface area contributed by atoms with Crippen LogP contribution in [0.15, 0.2) is 12.4 Å². The lowest BCUT2D eigenvalue weighted by molar-refractivity contribution is 0.308. The molecule has 1 aromatic heterocycles. The van der Waals surface area contributed by atoms with Crippen LogP contribution in [0.2, 0.25) is 0 Å². The zero-order chi connectivity index (χ0) is 10.8. The highest BCUT2D eigenvalue weighted by Gasteiger charge is 2.25. The number of rotatable bonds is 3. The molecule has 0 saturated heterocycles. The van der Waals surface area contributed by atoms with E-state index in [0.717, 1.165) is 11.7 Å². The molecule has 0 spiro atoms. The summed E-state index contributed by atoms with van der Waals surface area (Å²) in [4.78, 5) is 8.61. The number of nitrogens with one attached hydrogen (secondary N) is 1. The fourth-order valence-electron chi connectivity index (χ4n) is 1.76. The zero-order valence-electron chi connectivity index (χ0n) is 8.60. The van der Waals surface area contributed by atoms with Crippen molar-refractivity contribution in [3.8, 4) is 0 Å². The number of thiocarbonyl (C=S) groups is 1. The van der Waals surface area contributed by atoms with Crippen LogP contribution in [0.5, 0.6) is 0 Å². The molecule has 0 aromatic carbocycles. The van der Waals surface area contributed by atoms with E-state index in [9.17, 15) is 0 Å². The van der Waals surface area contributed by atoms with E-state index >= 15 is 0 Å². The summed E-state index contributed by atoms with van der Waals surface area (Å²) in [6.45, 7) is 2.25. The maximum absolute atomic E-state index is 5.43. The zero-order valence-corrected chi connectivity index (χ0v) is 9.42. The van der Waals surface area contributed by atoms with Gasteiger partial charge in [0, 0.05) is 6.04 Å². The molecule has 0 radical (unpaired) electrons. The van der Waals surface area contributed by atoms with Crippen LogP contribution in [0.4, 0.5) is 5.82 Å². The van der Waals surface area contributed by atoms with Gasteiger partial charge in [0.15, 0.2) is 0 Å². The molecule has 0 bridgehead atoms. The smallest absolute Gasteiger partial charge is 0.144 e. The first-order chi connectivity index (χ1) is 7.15. The largest absolute Gasteiger partial charge is 0.388 e. The molecule has 0 atom stereocenters. The Bertz CT molecular complexity index is 356. The molecule has 3 N–H and O–H groups in total. The van der Waals surface area contributed by atoms with Crippen molar-refractivity contribution in [1.29, 1.82) is 0 Å². The van der Waals surface area contributed by atoms with Crippen LogP contribution in [0.3, 0.4) is 0 Å². The molecular weight excluding hydrogens is 208 g/mol. The summed E-state index contributed by atoms with van der Waals surface area (Å²) in [5.74, 6) is 1.62. The minimum absolute atomic E-state index is 0.284. The van der Waals surface area contributed by atoms with Crippen LogP contribution >= 0.6 is 12.2 Å². The van der Waals surface area contributed by atoms with Gasteiger partial charge < -0.3 is 11.1 Å². The minimum Gasteiger partial charge on any atom is -0.388 e. The first-order valence-corrected chi connectivity index (χ1v) is 5.44. The van der Waals surface area contributed by atoms with Crippen LogP contribution in [-0.2, 0) is 0 Å². The van der Waals surface area contributed by atoms with E-state index in [4.69, 9.17) is 18.0 Å². The Hall–Kier alpha value is -1.23. The molecule has 1 aliphatic carbocycles. The van der Waals surface area contributed by atoms with Gasteiger partial charge in [0.1, 0.15) is 16.5 Å². The Labute approximate surface area is 94.3 Å². The van der Waals surface area contributed by atoms with Gasteiger partial charge in [0.2, 0.25) is 0 Å². The SMILES string of the molecule is CC1CC(Nc2cnc(C(N)=S)cn2)C1. The van der Waals surface area contributed by atoms with Gasteiger partial charge in [-0.1, -0.05) is 19.1 Å². The molecule has 5 heteroatoms. The number of nitrogens with two attached hydrogens (primary N) is 1. The Morgan fingerprint density at radius 3 is 2.67 bits per heavy atom. The van der Waals surface area contributed by atoms with E-state index in [1.165, 1.54) is 12.8 Å². The molecule has 0 amide bonds. The van der Waals surface area contributed by atoms with Crippen LogP contribution in [0, 0.1) is 5.92 Å². The molecule has 0 unspecified atom stereocenters. The molecule has 2 rings (SSSR count). The molecule has 1 aliphatic rings. The van der Waals surface area contributed by atoms with Gasteiger partial charge >= 0.3 is 0 Å². The maximum Gasteiger partial charge on any atom is 0.144 e. The van der Waals surface area contributed by atoms with Gasteiger partial charge in [-0.3, -0.25) is 0 Å². The van der Waals surface area contributed by atoms with E-state index in [1.807, 2.05) is 0 Å². The second-order valence-corrected chi connectivity index (χ2v) is 4.51. The van der Waals surface area contributed by atoms with Crippen LogP contribution in [0.1, 0.15) is 25.5 Å². The fraction of sp³-hybridized carbons (Fsp3) is 0.500. The van der Waals surface area contributed by atoms with Crippen molar-refractivity contribution in [2.24, 2.45) is 11.7 Å². The summed E-state index contributed by atoms with van der Waals surface area (Å²) < 4.78 is 0. The third-order valence-electron chi connectivity index (χ3n) is 2.63. The van der Waals surface area contributed by atoms with Crippen molar-refractivity contribution in [3.63, 3.8) is 0 Å². The standard InChI is InChI=1S/C10H14N4S/c1-6-2-7(3-6)14-9-5-12-8(4-13-9)10(11)15/h4-7H,2-3H2,1H3,(H2,11,15)(H,13,14). The minimum atomic E-state index is 0.284. The lowest BCUT2D eigenvalue weighted by atomic mass is 9.82. The fourth-order valence-corrected chi connectivity index (χ4v) is 1.86. The van der Waals surface area contributed by atoms with E-state index in [1.54, 1.807) is 12.4 Å². The Kier molecular flexibility index (Phi) is 2.81. The monoisotopic (exact) mass is 222 g/mol. The van der Waals surface area contributed by atoms with Crippen molar-refractivity contribution in [1.82, 2.24) is 9.97 Å². The van der Waals surface area contributed by atoms with Crippen LogP contribution in [-0.4, -0.2) is 21.0 Å². The molecule has 0 aliphatic heterocycles. The van der Waals surface area contributed by atoms with Gasteiger partial charge in [0.25, 0.3) is 0 Å². The van der Waals surface area contributed by atoms with Crippen molar-refractivity contribution < 1.29 is 0 Å². The number of anilines is 1. The highest BCUT2D eigenvalue weighted by atomic mass is 32.1. The lowest BCUT2D eigenvalue weighted by Crippen LogP contribution is -2.34. The van der Waals surface area contributed by atoms with Gasteiger partial charge in [0.05, 0.1) is 12.4 Å². The van der Waals surface area contributed by atoms with Crippen LogP contribution < -0.4 is 11.1 Å². The molecule has 80 valence electrons. The van der Waals surface area contributed by atoms with Crippen molar-refractivity contribution in [2.75, 3.05) is 5.32 Å². The Morgan fingerprint density at radius 2 is 2.20 bits per heavy atom. The maximum atomic E-state index is 5.43. The average Bonchev–Trinajstić information content (AvgIpc) is 2.16. The third kappa shape index (κ3) is 2.41. The van der Waals surface area contributed by atoms with E-state index < -0.39 is 0 Å². The number of nitrogens with zero attached hydrogens (tertiary/aromatic N) is 2. The van der Waals surface area contributed by atoms with E-state index in [2.05, 4.69) is 22.2 Å². The molecule has 1 saturated carbocycles. The first-order valence-electron chi connectivity index (χ1n) is 5.03. The number of hydrogen-bond acceptors (Lipinski definition) is 4. The van der Waals surface area contributed by atoms with E-state index in [-0.39, 0.29) is 4.99 Å². The summed E-state index contributed by atoms with van der Waals surface area (Å²) in [5, 5.41) is 3.32. The lowest BCUT2D eigenvalue weighted by Gasteiger charge is -2.33. The van der Waals surface area contributed by atoms with Gasteiger partial charge in [-0.25, -0.2) is 9.97 Å². The quantitative estimate of drug-likeness (QED) is 0.755. The van der Waals surface area contributed by atoms with Gasteiger partial charge in [-0.05, 0) is 18.8 Å². The third-order valence-corrected chi connectivity index (χ3v) is 2.84. The summed E-state index contributed by atoms with van der Waals surface area (Å²) in [6, 6.07) is 0.546. The topological polar surface area (TPSA) is 63.8 Å². The average molecular weight is 222 g/mol. The molecular formula is C10H14N4S. The summed E-state index contributed by atoms with van der Waals surface area (Å²) >= 11 is 4.80. The summed E-state index contributed by atoms with van der Waals surface area (Å²) in [5.41, 5.74) is 6.00. The van der Waals surface area contributed by atoms with E-state index in [0.29, 0.717) is 11.7 Å². The molecule has 15 heavy (non-hydrogen) atoms. The second kappa shape index (κ2) is 4.10. The number of hydrogen-bond donors (Lipinski definition) is 2. The summed E-state index contributed by atoms with van der Waals surface area (Å²) in [6.07, 6.45) is 5.70. The Balaban J connectivity index is 1.95. The molecule has 4 nitrogen and oxygen atoms in total. The van der Waals surface area contributed by atoms with Crippen molar-refractivity contribution in [2.45, 2.75) is 25.8 Å². The highest BCUT2D eigenvalue weighted by molar-refractivity contribution is 7.80. The van der Waals surface area contributed by atoms with Gasteiger partial charge in [-0.2, -0.15) is 0 Å². The Morgan fingerprint density at radius 1 is 1.47 bits per heavy atom. The molecule has 1 fully saturated rings. The molecule has 1 aromatic rings.